The van der Waals surface area contributed by atoms with Gasteiger partial charge in [0.15, 0.2) is 0 Å². The Kier molecular flexibility index (Phi) is 4.87. The molecule has 0 amide bonds. The SMILES string of the molecule is Cc1ccccc1C=CC(Cc1ccccc1)c1cccs1. The monoisotopic (exact) mass is 304 g/mol. The second-order valence-electron chi connectivity index (χ2n) is 5.53. The van der Waals surface area contributed by atoms with Gasteiger partial charge in [-0.15, -0.1) is 11.3 Å². The molecular weight excluding hydrogens is 284 g/mol. The second-order valence-corrected chi connectivity index (χ2v) is 6.51. The molecular formula is C21H20S. The smallest absolute Gasteiger partial charge is 0.0156 e. The van der Waals surface area contributed by atoms with Crippen molar-refractivity contribution in [1.29, 1.82) is 0 Å². The van der Waals surface area contributed by atoms with E-state index in [9.17, 15) is 0 Å². The lowest BCUT2D eigenvalue weighted by molar-refractivity contribution is 0.857. The molecule has 1 unspecified atom stereocenters. The number of thiophene rings is 1. The van der Waals surface area contributed by atoms with E-state index in [1.54, 1.807) is 0 Å². The van der Waals surface area contributed by atoms with Gasteiger partial charge < -0.3 is 0 Å². The van der Waals surface area contributed by atoms with Gasteiger partial charge in [-0.2, -0.15) is 0 Å². The number of aryl methyl sites for hydroxylation is 1. The molecule has 1 heterocycles. The molecule has 0 N–H and O–H groups in total. The van der Waals surface area contributed by atoms with Gasteiger partial charge in [-0.05, 0) is 41.5 Å². The Labute approximate surface area is 136 Å². The standard InChI is InChI=1S/C21H20S/c1-17-8-5-6-11-19(17)13-14-20(21-12-7-15-22-21)16-18-9-3-2-4-10-18/h2-15,20H,16H2,1H3. The lowest BCUT2D eigenvalue weighted by Gasteiger charge is -2.11. The van der Waals surface area contributed by atoms with Gasteiger partial charge in [-0.3, -0.25) is 0 Å². The van der Waals surface area contributed by atoms with Crippen molar-refractivity contribution < 1.29 is 0 Å². The van der Waals surface area contributed by atoms with Crippen molar-refractivity contribution in [2.45, 2.75) is 19.3 Å². The van der Waals surface area contributed by atoms with Crippen molar-refractivity contribution in [1.82, 2.24) is 0 Å². The van der Waals surface area contributed by atoms with Crippen molar-refractivity contribution >= 4 is 17.4 Å². The molecule has 0 nitrogen and oxygen atoms in total. The van der Waals surface area contributed by atoms with Crippen molar-refractivity contribution in [2.75, 3.05) is 0 Å². The maximum absolute atomic E-state index is 2.35. The summed E-state index contributed by atoms with van der Waals surface area (Å²) in [7, 11) is 0. The number of hydrogen-bond acceptors (Lipinski definition) is 1. The Hall–Kier alpha value is -2.12. The van der Waals surface area contributed by atoms with E-state index >= 15 is 0 Å². The third-order valence-electron chi connectivity index (χ3n) is 3.90. The second kappa shape index (κ2) is 7.24. The first-order chi connectivity index (χ1) is 10.8. The van der Waals surface area contributed by atoms with Crippen LogP contribution in [0.4, 0.5) is 0 Å². The van der Waals surface area contributed by atoms with Gasteiger partial charge in [0.1, 0.15) is 0 Å². The van der Waals surface area contributed by atoms with E-state index in [2.05, 4.69) is 91.2 Å². The first kappa shape index (κ1) is 14.8. The van der Waals surface area contributed by atoms with Crippen molar-refractivity contribution in [3.05, 3.63) is 99.8 Å². The summed E-state index contributed by atoms with van der Waals surface area (Å²) in [5, 5.41) is 2.16. The summed E-state index contributed by atoms with van der Waals surface area (Å²) < 4.78 is 0. The van der Waals surface area contributed by atoms with E-state index in [1.807, 2.05) is 11.3 Å². The van der Waals surface area contributed by atoms with Gasteiger partial charge in [0.25, 0.3) is 0 Å². The molecule has 0 saturated carbocycles. The summed E-state index contributed by atoms with van der Waals surface area (Å²) in [6.45, 7) is 2.16. The average Bonchev–Trinajstić information content (AvgIpc) is 3.08. The predicted molar refractivity (Wildman–Crippen MR) is 97.4 cm³/mol. The lowest BCUT2D eigenvalue weighted by atomic mass is 9.96. The van der Waals surface area contributed by atoms with Crippen molar-refractivity contribution in [2.24, 2.45) is 0 Å². The van der Waals surface area contributed by atoms with Crippen LogP contribution in [-0.2, 0) is 6.42 Å². The van der Waals surface area contributed by atoms with Gasteiger partial charge in [0.2, 0.25) is 0 Å². The Morgan fingerprint density at radius 1 is 0.909 bits per heavy atom. The third kappa shape index (κ3) is 3.75. The van der Waals surface area contributed by atoms with Gasteiger partial charge >= 0.3 is 0 Å². The summed E-state index contributed by atoms with van der Waals surface area (Å²) in [5.74, 6) is 0.432. The molecule has 1 atom stereocenters. The predicted octanol–water partition coefficient (Wildman–Crippen LogP) is 6.10. The van der Waals surface area contributed by atoms with E-state index in [0.29, 0.717) is 5.92 Å². The van der Waals surface area contributed by atoms with E-state index < -0.39 is 0 Å². The van der Waals surface area contributed by atoms with Gasteiger partial charge in [-0.25, -0.2) is 0 Å². The van der Waals surface area contributed by atoms with Crippen molar-refractivity contribution in [3.8, 4) is 0 Å². The third-order valence-corrected chi connectivity index (χ3v) is 4.91. The summed E-state index contributed by atoms with van der Waals surface area (Å²) >= 11 is 1.84. The summed E-state index contributed by atoms with van der Waals surface area (Å²) in [6.07, 6.45) is 5.66. The van der Waals surface area contributed by atoms with Crippen LogP contribution in [0.2, 0.25) is 0 Å². The van der Waals surface area contributed by atoms with Crippen LogP contribution in [0, 0.1) is 6.92 Å². The zero-order valence-corrected chi connectivity index (χ0v) is 13.6. The average molecular weight is 304 g/mol. The Morgan fingerprint density at radius 2 is 1.68 bits per heavy atom. The minimum Gasteiger partial charge on any atom is -0.148 e. The number of rotatable bonds is 5. The highest BCUT2D eigenvalue weighted by Crippen LogP contribution is 2.27. The lowest BCUT2D eigenvalue weighted by Crippen LogP contribution is -1.98. The Morgan fingerprint density at radius 3 is 2.41 bits per heavy atom. The van der Waals surface area contributed by atoms with Gasteiger partial charge in [-0.1, -0.05) is 72.8 Å². The summed E-state index contributed by atoms with van der Waals surface area (Å²) in [5.41, 5.74) is 4.01. The largest absolute Gasteiger partial charge is 0.148 e. The Bertz CT molecular complexity index is 724. The maximum atomic E-state index is 2.35. The molecule has 22 heavy (non-hydrogen) atoms. The minimum absolute atomic E-state index is 0.432. The van der Waals surface area contributed by atoms with Crippen LogP contribution in [0.25, 0.3) is 6.08 Å². The van der Waals surface area contributed by atoms with Crippen LogP contribution < -0.4 is 0 Å². The minimum atomic E-state index is 0.432. The van der Waals surface area contributed by atoms with Crippen LogP contribution >= 0.6 is 11.3 Å². The molecule has 110 valence electrons. The first-order valence-electron chi connectivity index (χ1n) is 7.64. The highest BCUT2D eigenvalue weighted by Gasteiger charge is 2.10. The van der Waals surface area contributed by atoms with E-state index in [0.717, 1.165) is 6.42 Å². The number of allylic oxidation sites excluding steroid dienone is 1. The molecule has 0 radical (unpaired) electrons. The fraction of sp³-hybridized carbons (Fsp3) is 0.143. The Balaban J connectivity index is 1.85. The highest BCUT2D eigenvalue weighted by atomic mass is 32.1. The summed E-state index contributed by atoms with van der Waals surface area (Å²) in [6, 6.07) is 23.6. The molecule has 0 aliphatic heterocycles. The van der Waals surface area contributed by atoms with Crippen LogP contribution in [0.3, 0.4) is 0 Å². The molecule has 0 saturated heterocycles. The van der Waals surface area contributed by atoms with Crippen LogP contribution in [0.15, 0.2) is 78.2 Å². The molecule has 3 rings (SSSR count). The quantitative estimate of drug-likeness (QED) is 0.534. The fourth-order valence-electron chi connectivity index (χ4n) is 2.63. The first-order valence-corrected chi connectivity index (χ1v) is 8.52. The fourth-order valence-corrected chi connectivity index (χ4v) is 3.44. The number of benzene rings is 2. The molecule has 0 fully saturated rings. The van der Waals surface area contributed by atoms with Gasteiger partial charge in [0.05, 0.1) is 0 Å². The van der Waals surface area contributed by atoms with Gasteiger partial charge in [0, 0.05) is 10.8 Å². The van der Waals surface area contributed by atoms with E-state index in [1.165, 1.54) is 21.6 Å². The molecule has 0 aliphatic rings. The highest BCUT2D eigenvalue weighted by molar-refractivity contribution is 7.10. The molecule has 0 aliphatic carbocycles. The van der Waals surface area contributed by atoms with E-state index in [4.69, 9.17) is 0 Å². The molecule has 1 aromatic heterocycles. The van der Waals surface area contributed by atoms with Crippen molar-refractivity contribution in [3.63, 3.8) is 0 Å². The molecule has 3 aromatic rings. The molecule has 1 heteroatoms. The number of hydrogen-bond donors (Lipinski definition) is 0. The molecule has 2 aromatic carbocycles. The van der Waals surface area contributed by atoms with Crippen LogP contribution in [-0.4, -0.2) is 0 Å². The zero-order valence-electron chi connectivity index (χ0n) is 12.8. The zero-order chi connectivity index (χ0) is 15.2. The molecule has 0 spiro atoms. The van der Waals surface area contributed by atoms with Crippen LogP contribution in [0.1, 0.15) is 27.5 Å². The maximum Gasteiger partial charge on any atom is 0.0156 e. The molecule has 0 bridgehead atoms. The van der Waals surface area contributed by atoms with E-state index in [-0.39, 0.29) is 0 Å². The van der Waals surface area contributed by atoms with Crippen LogP contribution in [0.5, 0.6) is 0 Å². The summed E-state index contributed by atoms with van der Waals surface area (Å²) in [4.78, 5) is 1.42. The topological polar surface area (TPSA) is 0 Å². The normalized spacial score (nSPS) is 12.6.